The van der Waals surface area contributed by atoms with E-state index >= 15 is 0 Å². The van der Waals surface area contributed by atoms with Crippen LogP contribution in [0.25, 0.3) is 0 Å². The number of nitrogens with one attached hydrogen (secondary N) is 1. The van der Waals surface area contributed by atoms with Crippen molar-refractivity contribution >= 4 is 11.6 Å². The van der Waals surface area contributed by atoms with Crippen LogP contribution in [-0.2, 0) is 16.0 Å². The zero-order valence-corrected chi connectivity index (χ0v) is 15.8. The van der Waals surface area contributed by atoms with Crippen LogP contribution in [0.1, 0.15) is 59.9 Å². The Morgan fingerprint density at radius 1 is 1.12 bits per heavy atom. The van der Waals surface area contributed by atoms with E-state index in [4.69, 9.17) is 0 Å². The van der Waals surface area contributed by atoms with Gasteiger partial charge < -0.3 is 10.4 Å². The summed E-state index contributed by atoms with van der Waals surface area (Å²) in [4.78, 5) is 24.6. The Balaban J connectivity index is 3.10. The predicted octanol–water partition coefficient (Wildman–Crippen LogP) is 3.66. The second kappa shape index (κ2) is 7.93. The Bertz CT molecular complexity index is 577. The van der Waals surface area contributed by atoms with E-state index in [1.165, 1.54) is 0 Å². The van der Waals surface area contributed by atoms with Gasteiger partial charge in [-0.1, -0.05) is 39.8 Å². The van der Waals surface area contributed by atoms with Crippen LogP contribution in [0.5, 0.6) is 5.75 Å². The minimum Gasteiger partial charge on any atom is -0.508 e. The van der Waals surface area contributed by atoms with Crippen molar-refractivity contribution in [3.8, 4) is 5.75 Å². The molecule has 2 N–H and O–H groups in total. The van der Waals surface area contributed by atoms with Gasteiger partial charge in [0.2, 0.25) is 0 Å². The molecule has 2 unspecified atom stereocenters. The number of hydrogen-bond donors (Lipinski definition) is 2. The summed E-state index contributed by atoms with van der Waals surface area (Å²) in [7, 11) is 0. The highest BCUT2D eigenvalue weighted by atomic mass is 16.3. The first-order valence-electron chi connectivity index (χ1n) is 8.66. The lowest BCUT2D eigenvalue weighted by Gasteiger charge is -2.45. The fourth-order valence-corrected chi connectivity index (χ4v) is 2.86. The van der Waals surface area contributed by atoms with Gasteiger partial charge in [0.05, 0.1) is 6.04 Å². The molecule has 4 nitrogen and oxygen atoms in total. The summed E-state index contributed by atoms with van der Waals surface area (Å²) in [6.45, 7) is 11.4. The Labute approximate surface area is 145 Å². The van der Waals surface area contributed by atoms with Gasteiger partial charge in [-0.25, -0.2) is 0 Å². The minimum atomic E-state index is -0.580. The molecule has 0 saturated carbocycles. The molecule has 1 rings (SSSR count). The fourth-order valence-electron chi connectivity index (χ4n) is 2.86. The quantitative estimate of drug-likeness (QED) is 0.724. The molecule has 0 radical (unpaired) electrons. The maximum absolute atomic E-state index is 12.5. The number of phenols is 1. The Kier molecular flexibility index (Phi) is 6.73. The van der Waals surface area contributed by atoms with Gasteiger partial charge in [-0.15, -0.1) is 0 Å². The molecule has 0 aliphatic heterocycles. The molecular weight excluding hydrogens is 302 g/mol. The molecule has 1 aromatic carbocycles. The average Bonchev–Trinajstić information content (AvgIpc) is 2.54. The summed E-state index contributed by atoms with van der Waals surface area (Å²) in [5.74, 6) is 0.440. The molecule has 134 valence electrons. The second-order valence-electron chi connectivity index (χ2n) is 7.25. The van der Waals surface area contributed by atoms with Crippen molar-refractivity contribution in [3.05, 3.63) is 29.8 Å². The van der Waals surface area contributed by atoms with Crippen LogP contribution in [0.2, 0.25) is 0 Å². The van der Waals surface area contributed by atoms with Crippen molar-refractivity contribution in [1.29, 1.82) is 0 Å². The van der Waals surface area contributed by atoms with Crippen molar-refractivity contribution in [2.75, 3.05) is 0 Å². The number of benzene rings is 1. The third-order valence-corrected chi connectivity index (χ3v) is 5.57. The zero-order valence-electron chi connectivity index (χ0n) is 15.8. The molecular formula is C20H31NO3. The van der Waals surface area contributed by atoms with Crippen LogP contribution in [-0.4, -0.2) is 28.3 Å². The summed E-state index contributed by atoms with van der Waals surface area (Å²) in [6, 6.07) is 6.55. The number of phenolic OH excluding ortho intramolecular Hbond substituents is 1. The highest BCUT2D eigenvalue weighted by molar-refractivity contribution is 5.85. The molecule has 0 fully saturated rings. The number of carbonyl (C=O) groups excluding carboxylic acids is 2. The molecule has 1 aromatic rings. The maximum atomic E-state index is 12.5. The van der Waals surface area contributed by atoms with Crippen molar-refractivity contribution in [3.63, 3.8) is 0 Å². The van der Waals surface area contributed by atoms with E-state index in [2.05, 4.69) is 5.32 Å². The SMILES string of the molecule is CCC(=O)C(Cc1ccc(O)cc1)NC(C)(CC)C(C)(C)C(C)=O. The molecule has 2 atom stereocenters. The Morgan fingerprint density at radius 2 is 1.67 bits per heavy atom. The first kappa shape index (κ1) is 20.4. The van der Waals surface area contributed by atoms with E-state index < -0.39 is 11.0 Å². The molecule has 0 bridgehead atoms. The van der Waals surface area contributed by atoms with Crippen LogP contribution < -0.4 is 5.32 Å². The highest BCUT2D eigenvalue weighted by Crippen LogP contribution is 2.35. The number of ketones is 2. The predicted molar refractivity (Wildman–Crippen MR) is 97.2 cm³/mol. The summed E-state index contributed by atoms with van der Waals surface area (Å²) < 4.78 is 0. The van der Waals surface area contributed by atoms with Gasteiger partial charge in [-0.05, 0) is 44.4 Å². The summed E-state index contributed by atoms with van der Waals surface area (Å²) in [5, 5.41) is 12.9. The van der Waals surface area contributed by atoms with Crippen LogP contribution in [0.3, 0.4) is 0 Å². The lowest BCUT2D eigenvalue weighted by Crippen LogP contribution is -2.61. The van der Waals surface area contributed by atoms with Gasteiger partial charge in [0.15, 0.2) is 0 Å². The van der Waals surface area contributed by atoms with Crippen LogP contribution in [0.4, 0.5) is 0 Å². The summed E-state index contributed by atoms with van der Waals surface area (Å²) in [5.41, 5.74) is -0.0833. The third kappa shape index (κ3) is 4.44. The van der Waals surface area contributed by atoms with Crippen LogP contribution in [0, 0.1) is 5.41 Å². The number of Topliss-reactive ketones (excluding diaryl/α,β-unsaturated/α-hetero) is 2. The minimum absolute atomic E-state index is 0.103. The number of rotatable bonds is 9. The first-order valence-corrected chi connectivity index (χ1v) is 8.66. The molecule has 0 aliphatic rings. The smallest absolute Gasteiger partial charge is 0.149 e. The van der Waals surface area contributed by atoms with Crippen molar-refractivity contribution < 1.29 is 14.7 Å². The maximum Gasteiger partial charge on any atom is 0.149 e. The first-order chi connectivity index (χ1) is 11.1. The van der Waals surface area contributed by atoms with E-state index in [-0.39, 0.29) is 23.4 Å². The monoisotopic (exact) mass is 333 g/mol. The number of hydrogen-bond acceptors (Lipinski definition) is 4. The van der Waals surface area contributed by atoms with Gasteiger partial charge in [0, 0.05) is 17.4 Å². The molecule has 4 heteroatoms. The topological polar surface area (TPSA) is 66.4 Å². The Hall–Kier alpha value is -1.68. The fraction of sp³-hybridized carbons (Fsp3) is 0.600. The summed E-state index contributed by atoms with van der Waals surface area (Å²) in [6.07, 6.45) is 1.72. The lowest BCUT2D eigenvalue weighted by atomic mass is 9.68. The molecule has 0 spiro atoms. The highest BCUT2D eigenvalue weighted by Gasteiger charge is 2.44. The van der Waals surface area contributed by atoms with E-state index in [0.29, 0.717) is 12.8 Å². The van der Waals surface area contributed by atoms with Crippen molar-refractivity contribution in [2.45, 2.75) is 72.4 Å². The lowest BCUT2D eigenvalue weighted by molar-refractivity contribution is -0.131. The standard InChI is InChI=1S/C20H31NO3/c1-7-18(24)17(13-15-9-11-16(23)12-10-15)21-20(6,8-2)19(4,5)14(3)22/h9-12,17,21,23H,7-8,13H2,1-6H3. The zero-order chi connectivity index (χ0) is 18.5. The van der Waals surface area contributed by atoms with Gasteiger partial charge >= 0.3 is 0 Å². The Morgan fingerprint density at radius 3 is 2.08 bits per heavy atom. The largest absolute Gasteiger partial charge is 0.508 e. The number of aromatic hydroxyl groups is 1. The van der Waals surface area contributed by atoms with E-state index in [0.717, 1.165) is 12.0 Å². The molecule has 0 aromatic heterocycles. The normalized spacial score (nSPS) is 15.6. The van der Waals surface area contributed by atoms with E-state index in [1.807, 2.05) is 46.8 Å². The average molecular weight is 333 g/mol. The molecule has 24 heavy (non-hydrogen) atoms. The van der Waals surface area contributed by atoms with Gasteiger partial charge in [0.25, 0.3) is 0 Å². The van der Waals surface area contributed by atoms with Gasteiger partial charge in [-0.3, -0.25) is 9.59 Å². The van der Waals surface area contributed by atoms with Crippen LogP contribution in [0.15, 0.2) is 24.3 Å². The van der Waals surface area contributed by atoms with Crippen molar-refractivity contribution in [1.82, 2.24) is 5.32 Å². The molecule has 0 saturated heterocycles. The molecule has 0 aliphatic carbocycles. The van der Waals surface area contributed by atoms with Gasteiger partial charge in [-0.2, -0.15) is 0 Å². The van der Waals surface area contributed by atoms with E-state index in [1.54, 1.807) is 19.1 Å². The van der Waals surface area contributed by atoms with Crippen molar-refractivity contribution in [2.24, 2.45) is 5.41 Å². The molecule has 0 amide bonds. The second-order valence-corrected chi connectivity index (χ2v) is 7.25. The third-order valence-electron chi connectivity index (χ3n) is 5.57. The van der Waals surface area contributed by atoms with Crippen LogP contribution >= 0.6 is 0 Å². The van der Waals surface area contributed by atoms with E-state index in [9.17, 15) is 14.7 Å². The van der Waals surface area contributed by atoms with Gasteiger partial charge in [0.1, 0.15) is 17.3 Å². The molecule has 0 heterocycles. The number of carbonyl (C=O) groups is 2. The summed E-state index contributed by atoms with van der Waals surface area (Å²) >= 11 is 0.